The molecule has 0 atom stereocenters. The van der Waals surface area contributed by atoms with E-state index >= 15 is 0 Å². The topological polar surface area (TPSA) is 78.0 Å². The van der Waals surface area contributed by atoms with E-state index in [2.05, 4.69) is 41.6 Å². The number of guanidine groups is 1. The predicted molar refractivity (Wildman–Crippen MR) is 112 cm³/mol. The van der Waals surface area contributed by atoms with Gasteiger partial charge < -0.3 is 20.7 Å². The Morgan fingerprint density at radius 2 is 1.80 bits per heavy atom. The lowest BCUT2D eigenvalue weighted by atomic mass is 10.0. The maximum Gasteiger partial charge on any atom is 0.223 e. The van der Waals surface area contributed by atoms with Crippen LogP contribution in [0.4, 0.5) is 0 Å². The van der Waals surface area contributed by atoms with Crippen LogP contribution in [-0.2, 0) is 9.53 Å². The summed E-state index contributed by atoms with van der Waals surface area (Å²) in [6.45, 7) is 12.9. The van der Waals surface area contributed by atoms with Crippen LogP contribution in [0.3, 0.4) is 0 Å². The largest absolute Gasteiger partial charge is 0.379 e. The molecular formula is C17H34IN5O2. The number of nitrogens with one attached hydrogen (secondary N) is 3. The van der Waals surface area contributed by atoms with Crippen LogP contribution in [0.25, 0.3) is 0 Å². The van der Waals surface area contributed by atoms with Crippen molar-refractivity contribution >= 4 is 35.8 Å². The minimum Gasteiger partial charge on any atom is -0.379 e. The van der Waals surface area contributed by atoms with Crippen molar-refractivity contribution in [2.75, 3.05) is 52.5 Å². The van der Waals surface area contributed by atoms with Gasteiger partial charge in [0.2, 0.25) is 5.91 Å². The molecule has 0 bridgehead atoms. The highest BCUT2D eigenvalue weighted by Gasteiger charge is 2.29. The first-order chi connectivity index (χ1) is 11.5. The van der Waals surface area contributed by atoms with Crippen LogP contribution in [0.5, 0.6) is 0 Å². The van der Waals surface area contributed by atoms with Crippen LogP contribution < -0.4 is 16.0 Å². The lowest BCUT2D eigenvalue weighted by Crippen LogP contribution is -2.52. The van der Waals surface area contributed by atoms with Crippen molar-refractivity contribution in [2.45, 2.75) is 39.2 Å². The standard InChI is InChI=1S/C17H33N5O2.HI/c1-4-18-16(20-8-7-19-15(23)14-5-6-14)21-13-17(2,3)22-9-11-24-12-10-22;/h14H,4-13H2,1-3H3,(H,19,23)(H2,18,20,21);1H. The van der Waals surface area contributed by atoms with Crippen molar-refractivity contribution in [2.24, 2.45) is 10.9 Å². The molecule has 1 saturated carbocycles. The van der Waals surface area contributed by atoms with Gasteiger partial charge in [-0.25, -0.2) is 0 Å². The number of rotatable bonds is 8. The Balaban J connectivity index is 0.00000312. The van der Waals surface area contributed by atoms with E-state index in [9.17, 15) is 4.79 Å². The average molecular weight is 467 g/mol. The van der Waals surface area contributed by atoms with Crippen LogP contribution in [0.2, 0.25) is 0 Å². The smallest absolute Gasteiger partial charge is 0.223 e. The Hall–Kier alpha value is -0.610. The highest BCUT2D eigenvalue weighted by atomic mass is 127. The summed E-state index contributed by atoms with van der Waals surface area (Å²) in [5.74, 6) is 1.26. The van der Waals surface area contributed by atoms with E-state index in [1.54, 1.807) is 0 Å². The fourth-order valence-corrected chi connectivity index (χ4v) is 2.74. The SMILES string of the molecule is CCNC(=NCC(C)(C)N1CCOCC1)NCCNC(=O)C1CC1.I. The molecule has 1 aliphatic carbocycles. The second-order valence-electron chi connectivity index (χ2n) is 7.10. The number of carbonyl (C=O) groups is 1. The fourth-order valence-electron chi connectivity index (χ4n) is 2.74. The summed E-state index contributed by atoms with van der Waals surface area (Å²) in [4.78, 5) is 18.8. The zero-order chi connectivity index (χ0) is 17.4. The van der Waals surface area contributed by atoms with Gasteiger partial charge in [0.05, 0.1) is 19.8 Å². The van der Waals surface area contributed by atoms with E-state index in [1.165, 1.54) is 0 Å². The Morgan fingerprint density at radius 3 is 2.40 bits per heavy atom. The molecule has 1 saturated heterocycles. The van der Waals surface area contributed by atoms with Gasteiger partial charge in [0.1, 0.15) is 0 Å². The van der Waals surface area contributed by atoms with Crippen molar-refractivity contribution < 1.29 is 9.53 Å². The zero-order valence-electron chi connectivity index (χ0n) is 15.8. The number of carbonyl (C=O) groups excluding carboxylic acids is 1. The number of amides is 1. The van der Waals surface area contributed by atoms with Gasteiger partial charge in [0.15, 0.2) is 5.96 Å². The molecule has 1 aliphatic heterocycles. The average Bonchev–Trinajstić information content (AvgIpc) is 3.42. The van der Waals surface area contributed by atoms with E-state index in [0.29, 0.717) is 13.1 Å². The fraction of sp³-hybridized carbons (Fsp3) is 0.882. The third-order valence-corrected chi connectivity index (χ3v) is 4.50. The minimum absolute atomic E-state index is 0. The van der Waals surface area contributed by atoms with Crippen LogP contribution in [0.1, 0.15) is 33.6 Å². The molecular weight excluding hydrogens is 433 g/mol. The zero-order valence-corrected chi connectivity index (χ0v) is 18.1. The molecule has 8 heteroatoms. The van der Waals surface area contributed by atoms with Crippen molar-refractivity contribution in [3.05, 3.63) is 0 Å². The molecule has 1 amide bonds. The first kappa shape index (κ1) is 22.4. The monoisotopic (exact) mass is 467 g/mol. The van der Waals surface area contributed by atoms with Gasteiger partial charge >= 0.3 is 0 Å². The third kappa shape index (κ3) is 8.08. The number of hydrogen-bond donors (Lipinski definition) is 3. The third-order valence-electron chi connectivity index (χ3n) is 4.50. The molecule has 0 spiro atoms. The van der Waals surface area contributed by atoms with E-state index in [1.807, 2.05) is 0 Å². The van der Waals surface area contributed by atoms with Crippen LogP contribution >= 0.6 is 24.0 Å². The maximum absolute atomic E-state index is 11.6. The Bertz CT molecular complexity index is 435. The molecule has 0 unspecified atom stereocenters. The Labute approximate surface area is 168 Å². The Morgan fingerprint density at radius 1 is 1.16 bits per heavy atom. The number of halogens is 1. The molecule has 1 heterocycles. The van der Waals surface area contributed by atoms with Crippen molar-refractivity contribution in [1.82, 2.24) is 20.9 Å². The molecule has 146 valence electrons. The summed E-state index contributed by atoms with van der Waals surface area (Å²) in [6, 6.07) is 0. The van der Waals surface area contributed by atoms with Crippen molar-refractivity contribution in [1.29, 1.82) is 0 Å². The minimum atomic E-state index is 0. The lowest BCUT2D eigenvalue weighted by Gasteiger charge is -2.39. The number of morpholine rings is 1. The molecule has 7 nitrogen and oxygen atoms in total. The first-order valence-corrected chi connectivity index (χ1v) is 9.15. The van der Waals surface area contributed by atoms with E-state index < -0.39 is 0 Å². The van der Waals surface area contributed by atoms with Gasteiger partial charge in [-0.2, -0.15) is 0 Å². The number of ether oxygens (including phenoxy) is 1. The normalized spacial score (nSPS) is 19.1. The molecule has 0 aromatic heterocycles. The molecule has 2 rings (SSSR count). The maximum atomic E-state index is 11.6. The summed E-state index contributed by atoms with van der Waals surface area (Å²) in [5.41, 5.74) is 0.00627. The summed E-state index contributed by atoms with van der Waals surface area (Å²) in [5, 5.41) is 9.52. The first-order valence-electron chi connectivity index (χ1n) is 9.15. The van der Waals surface area contributed by atoms with Crippen LogP contribution in [0, 0.1) is 5.92 Å². The van der Waals surface area contributed by atoms with E-state index in [4.69, 9.17) is 9.73 Å². The van der Waals surface area contributed by atoms with Gasteiger partial charge in [-0.05, 0) is 33.6 Å². The summed E-state index contributed by atoms with van der Waals surface area (Å²) in [7, 11) is 0. The highest BCUT2D eigenvalue weighted by Crippen LogP contribution is 2.28. The van der Waals surface area contributed by atoms with Gasteiger partial charge in [0.25, 0.3) is 0 Å². The summed E-state index contributed by atoms with van der Waals surface area (Å²) >= 11 is 0. The quantitative estimate of drug-likeness (QED) is 0.213. The number of aliphatic imine (C=N–C) groups is 1. The van der Waals surface area contributed by atoms with E-state index in [0.717, 1.165) is 58.2 Å². The predicted octanol–water partition coefficient (Wildman–Crippen LogP) is 0.797. The van der Waals surface area contributed by atoms with Gasteiger partial charge in [0, 0.05) is 44.2 Å². The van der Waals surface area contributed by atoms with Gasteiger partial charge in [-0.3, -0.25) is 14.7 Å². The van der Waals surface area contributed by atoms with E-state index in [-0.39, 0.29) is 41.3 Å². The Kier molecular flexibility index (Phi) is 10.0. The number of hydrogen-bond acceptors (Lipinski definition) is 4. The molecule has 3 N–H and O–H groups in total. The lowest BCUT2D eigenvalue weighted by molar-refractivity contribution is -0.122. The van der Waals surface area contributed by atoms with Crippen LogP contribution in [-0.4, -0.2) is 74.8 Å². The van der Waals surface area contributed by atoms with Gasteiger partial charge in [-0.1, -0.05) is 0 Å². The van der Waals surface area contributed by atoms with Crippen molar-refractivity contribution in [3.63, 3.8) is 0 Å². The molecule has 0 radical (unpaired) electrons. The second kappa shape index (κ2) is 11.2. The van der Waals surface area contributed by atoms with Crippen molar-refractivity contribution in [3.8, 4) is 0 Å². The molecule has 2 fully saturated rings. The summed E-state index contributed by atoms with van der Waals surface area (Å²) < 4.78 is 5.43. The van der Waals surface area contributed by atoms with Gasteiger partial charge in [-0.15, -0.1) is 24.0 Å². The number of nitrogens with zero attached hydrogens (tertiary/aromatic N) is 2. The summed E-state index contributed by atoms with van der Waals surface area (Å²) in [6.07, 6.45) is 2.08. The molecule has 0 aromatic carbocycles. The molecule has 25 heavy (non-hydrogen) atoms. The second-order valence-corrected chi connectivity index (χ2v) is 7.10. The molecule has 2 aliphatic rings. The highest BCUT2D eigenvalue weighted by molar-refractivity contribution is 14.0. The van der Waals surface area contributed by atoms with Crippen LogP contribution in [0.15, 0.2) is 4.99 Å². The molecule has 0 aromatic rings.